The summed E-state index contributed by atoms with van der Waals surface area (Å²) in [5, 5.41) is 2.82. The van der Waals surface area contributed by atoms with Crippen LogP contribution in [0.4, 0.5) is 0 Å². The lowest BCUT2D eigenvalue weighted by molar-refractivity contribution is -0.149. The van der Waals surface area contributed by atoms with Crippen LogP contribution in [0.25, 0.3) is 0 Å². The Kier molecular flexibility index (Phi) is 2.64. The van der Waals surface area contributed by atoms with Gasteiger partial charge >= 0.3 is 0 Å². The number of likely N-dealkylation sites (N-methyl/N-ethyl adjacent to an activating group) is 1. The van der Waals surface area contributed by atoms with E-state index in [1.54, 1.807) is 0 Å². The fourth-order valence-electron chi connectivity index (χ4n) is 3.27. The molecule has 0 aromatic carbocycles. The minimum Gasteiger partial charge on any atom is -0.344 e. The van der Waals surface area contributed by atoms with E-state index < -0.39 is 6.04 Å². The molecule has 1 saturated heterocycles. The van der Waals surface area contributed by atoms with E-state index in [0.29, 0.717) is 12.8 Å². The van der Waals surface area contributed by atoms with Crippen LogP contribution in [0.5, 0.6) is 0 Å². The van der Waals surface area contributed by atoms with Gasteiger partial charge in [-0.1, -0.05) is 0 Å². The maximum absolute atomic E-state index is 12.0. The van der Waals surface area contributed by atoms with Crippen molar-refractivity contribution in [2.24, 2.45) is 17.8 Å². The van der Waals surface area contributed by atoms with E-state index in [-0.39, 0.29) is 23.6 Å². The van der Waals surface area contributed by atoms with Crippen LogP contribution in [0.1, 0.15) is 32.1 Å². The number of imide groups is 1. The number of hydrogen-bond acceptors (Lipinski definition) is 3. The molecule has 5 nitrogen and oxygen atoms in total. The molecule has 3 amide bonds. The average Bonchev–Trinajstić information content (AvgIpc) is 2.97. The smallest absolute Gasteiger partial charge is 0.251 e. The molecule has 2 aliphatic carbocycles. The van der Waals surface area contributed by atoms with E-state index in [2.05, 4.69) is 5.32 Å². The van der Waals surface area contributed by atoms with Crippen molar-refractivity contribution in [3.8, 4) is 0 Å². The maximum Gasteiger partial charge on any atom is 0.251 e. The first-order valence-electron chi connectivity index (χ1n) is 6.67. The van der Waals surface area contributed by atoms with Gasteiger partial charge in [-0.05, 0) is 37.5 Å². The van der Waals surface area contributed by atoms with Gasteiger partial charge in [-0.2, -0.15) is 0 Å². The predicted octanol–water partition coefficient (Wildman–Crippen LogP) is 0.296. The van der Waals surface area contributed by atoms with E-state index in [9.17, 15) is 14.4 Å². The summed E-state index contributed by atoms with van der Waals surface area (Å²) in [5.74, 6) is 1.17. The van der Waals surface area contributed by atoms with Gasteiger partial charge in [-0.15, -0.1) is 0 Å². The standard InChI is InChI=1S/C13H18N2O3/c1-15-11(16)3-2-10(13(15)18)14-12(17)9-5-7-4-8(7)6-9/h7-10H,2-6H2,1H3,(H,14,17). The van der Waals surface area contributed by atoms with Crippen LogP contribution in [0.15, 0.2) is 0 Å². The molecule has 98 valence electrons. The second-order valence-corrected chi connectivity index (χ2v) is 5.82. The Morgan fingerprint density at radius 3 is 2.56 bits per heavy atom. The number of nitrogens with one attached hydrogen (secondary N) is 1. The summed E-state index contributed by atoms with van der Waals surface area (Å²) in [6.07, 6.45) is 4.01. The molecule has 3 unspecified atom stereocenters. The lowest BCUT2D eigenvalue weighted by Gasteiger charge is -2.29. The average molecular weight is 250 g/mol. The van der Waals surface area contributed by atoms with Crippen molar-refractivity contribution in [1.82, 2.24) is 10.2 Å². The van der Waals surface area contributed by atoms with Crippen LogP contribution in [0, 0.1) is 17.8 Å². The molecule has 3 rings (SSSR count). The zero-order valence-corrected chi connectivity index (χ0v) is 10.5. The number of hydrogen-bond donors (Lipinski definition) is 1. The molecule has 1 aliphatic heterocycles. The van der Waals surface area contributed by atoms with Crippen LogP contribution in [-0.4, -0.2) is 35.7 Å². The largest absolute Gasteiger partial charge is 0.344 e. The van der Waals surface area contributed by atoms with Gasteiger partial charge in [-0.3, -0.25) is 19.3 Å². The molecule has 3 fully saturated rings. The summed E-state index contributed by atoms with van der Waals surface area (Å²) in [7, 11) is 1.48. The maximum atomic E-state index is 12.0. The Hall–Kier alpha value is -1.39. The third-order valence-corrected chi connectivity index (χ3v) is 4.58. The van der Waals surface area contributed by atoms with Crippen molar-refractivity contribution in [3.05, 3.63) is 0 Å². The topological polar surface area (TPSA) is 66.5 Å². The summed E-state index contributed by atoms with van der Waals surface area (Å²) < 4.78 is 0. The Morgan fingerprint density at radius 2 is 1.89 bits per heavy atom. The van der Waals surface area contributed by atoms with E-state index >= 15 is 0 Å². The molecule has 0 spiro atoms. The molecule has 2 saturated carbocycles. The molecular formula is C13H18N2O3. The third-order valence-electron chi connectivity index (χ3n) is 4.58. The summed E-state index contributed by atoms with van der Waals surface area (Å²) in [5.41, 5.74) is 0. The zero-order chi connectivity index (χ0) is 12.9. The van der Waals surface area contributed by atoms with Gasteiger partial charge in [-0.25, -0.2) is 0 Å². The van der Waals surface area contributed by atoms with Gasteiger partial charge in [0.25, 0.3) is 5.91 Å². The lowest BCUT2D eigenvalue weighted by atomic mass is 10.00. The van der Waals surface area contributed by atoms with Crippen LogP contribution >= 0.6 is 0 Å². The number of carbonyl (C=O) groups excluding carboxylic acids is 3. The SMILES string of the molecule is CN1C(=O)CCC(NC(=O)C2CC3CC3C2)C1=O. The van der Waals surface area contributed by atoms with Crippen molar-refractivity contribution in [2.75, 3.05) is 7.05 Å². The van der Waals surface area contributed by atoms with Crippen LogP contribution in [0.2, 0.25) is 0 Å². The van der Waals surface area contributed by atoms with Crippen molar-refractivity contribution >= 4 is 17.7 Å². The second kappa shape index (κ2) is 4.07. The van der Waals surface area contributed by atoms with Gasteiger partial charge in [0.1, 0.15) is 6.04 Å². The van der Waals surface area contributed by atoms with Crippen LogP contribution < -0.4 is 5.32 Å². The van der Waals surface area contributed by atoms with Gasteiger partial charge < -0.3 is 5.32 Å². The highest BCUT2D eigenvalue weighted by molar-refractivity contribution is 6.01. The second-order valence-electron chi connectivity index (χ2n) is 5.82. The molecule has 0 bridgehead atoms. The van der Waals surface area contributed by atoms with Gasteiger partial charge in [0.15, 0.2) is 0 Å². The molecule has 3 atom stereocenters. The molecule has 1 N–H and O–H groups in total. The van der Waals surface area contributed by atoms with Crippen molar-refractivity contribution < 1.29 is 14.4 Å². The van der Waals surface area contributed by atoms with Crippen LogP contribution in [-0.2, 0) is 14.4 Å². The van der Waals surface area contributed by atoms with E-state index in [4.69, 9.17) is 0 Å². The quantitative estimate of drug-likeness (QED) is 0.717. The number of rotatable bonds is 2. The summed E-state index contributed by atoms with van der Waals surface area (Å²) >= 11 is 0. The Labute approximate surface area is 106 Å². The summed E-state index contributed by atoms with van der Waals surface area (Å²) in [4.78, 5) is 36.4. The Balaban J connectivity index is 1.57. The minimum absolute atomic E-state index is 0.00305. The van der Waals surface area contributed by atoms with E-state index in [1.807, 2.05) is 0 Å². The zero-order valence-electron chi connectivity index (χ0n) is 10.5. The highest BCUT2D eigenvalue weighted by Crippen LogP contribution is 2.54. The fraction of sp³-hybridized carbons (Fsp3) is 0.769. The van der Waals surface area contributed by atoms with Crippen molar-refractivity contribution in [1.29, 1.82) is 0 Å². The molecule has 1 heterocycles. The van der Waals surface area contributed by atoms with Gasteiger partial charge in [0, 0.05) is 19.4 Å². The minimum atomic E-state index is -0.503. The molecule has 0 aromatic rings. The third kappa shape index (κ3) is 1.91. The first kappa shape index (κ1) is 11.7. The number of amides is 3. The molecular weight excluding hydrogens is 232 g/mol. The van der Waals surface area contributed by atoms with Gasteiger partial charge in [0.05, 0.1) is 0 Å². The lowest BCUT2D eigenvalue weighted by Crippen LogP contribution is -2.53. The molecule has 3 aliphatic rings. The Morgan fingerprint density at radius 1 is 1.22 bits per heavy atom. The number of fused-ring (bicyclic) bond motifs is 1. The number of likely N-dealkylation sites (tertiary alicyclic amines) is 1. The predicted molar refractivity (Wildman–Crippen MR) is 63.3 cm³/mol. The molecule has 0 aromatic heterocycles. The normalized spacial score (nSPS) is 38.6. The van der Waals surface area contributed by atoms with Crippen LogP contribution in [0.3, 0.4) is 0 Å². The van der Waals surface area contributed by atoms with Gasteiger partial charge in [0.2, 0.25) is 11.8 Å². The number of piperidine rings is 1. The fourth-order valence-corrected chi connectivity index (χ4v) is 3.27. The highest BCUT2D eigenvalue weighted by Gasteiger charge is 2.48. The molecule has 18 heavy (non-hydrogen) atoms. The van der Waals surface area contributed by atoms with E-state index in [1.165, 1.54) is 13.5 Å². The summed E-state index contributed by atoms with van der Waals surface area (Å²) in [6, 6.07) is -0.503. The first-order valence-corrected chi connectivity index (χ1v) is 6.67. The molecule has 5 heteroatoms. The summed E-state index contributed by atoms with van der Waals surface area (Å²) in [6.45, 7) is 0. The number of nitrogens with zero attached hydrogens (tertiary/aromatic N) is 1. The Bertz CT molecular complexity index is 410. The number of carbonyl (C=O) groups is 3. The van der Waals surface area contributed by atoms with E-state index in [0.717, 1.165) is 29.6 Å². The van der Waals surface area contributed by atoms with Crippen molar-refractivity contribution in [3.63, 3.8) is 0 Å². The molecule has 0 radical (unpaired) electrons. The van der Waals surface area contributed by atoms with Crippen molar-refractivity contribution in [2.45, 2.75) is 38.1 Å². The highest BCUT2D eigenvalue weighted by atomic mass is 16.2. The first-order chi connectivity index (χ1) is 8.56. The monoisotopic (exact) mass is 250 g/mol.